The van der Waals surface area contributed by atoms with E-state index in [2.05, 4.69) is 0 Å². The molecule has 1 saturated heterocycles. The minimum Gasteiger partial charge on any atom is -0.452 e. The van der Waals surface area contributed by atoms with Gasteiger partial charge < -0.3 is 19.3 Å². The van der Waals surface area contributed by atoms with Crippen LogP contribution in [0.5, 0.6) is 0 Å². The summed E-state index contributed by atoms with van der Waals surface area (Å²) in [4.78, 5) is 40.1. The molecule has 0 bridgehead atoms. The number of carbonyl (C=O) groups excluding carboxylic acids is 2. The highest BCUT2D eigenvalue weighted by Crippen LogP contribution is 2.30. The molecule has 1 fully saturated rings. The van der Waals surface area contributed by atoms with Gasteiger partial charge in [-0.3, -0.25) is 14.9 Å². The number of hydrogen-bond acceptors (Lipinski definition) is 7. The van der Waals surface area contributed by atoms with Gasteiger partial charge in [0.05, 0.1) is 23.7 Å². The molecule has 0 unspecified atom stereocenters. The zero-order chi connectivity index (χ0) is 24.0. The van der Waals surface area contributed by atoms with E-state index < -0.39 is 23.0 Å². The summed E-state index contributed by atoms with van der Waals surface area (Å²) in [7, 11) is 0. The molecule has 0 saturated carbocycles. The Kier molecular flexibility index (Phi) is 7.65. The molecule has 0 N–H and O–H groups in total. The Morgan fingerprint density at radius 3 is 2.39 bits per heavy atom. The Bertz CT molecular complexity index is 997. The van der Waals surface area contributed by atoms with Gasteiger partial charge in [0.25, 0.3) is 11.6 Å². The Morgan fingerprint density at radius 2 is 1.79 bits per heavy atom. The molecule has 176 valence electrons. The lowest BCUT2D eigenvalue weighted by Gasteiger charge is -2.35. The van der Waals surface area contributed by atoms with Crippen LogP contribution >= 0.6 is 0 Å². The molecule has 2 aromatic rings. The summed E-state index contributed by atoms with van der Waals surface area (Å²) in [5.74, 6) is -1.13. The van der Waals surface area contributed by atoms with Crippen LogP contribution in [0.25, 0.3) is 0 Å². The number of morpholine rings is 1. The van der Waals surface area contributed by atoms with Gasteiger partial charge in [0, 0.05) is 31.2 Å². The van der Waals surface area contributed by atoms with Gasteiger partial charge in [0.15, 0.2) is 6.61 Å². The number of nitro benzene ring substituents is 1. The second-order valence-corrected chi connectivity index (χ2v) is 8.77. The van der Waals surface area contributed by atoms with Crippen LogP contribution in [0, 0.1) is 10.1 Å². The highest BCUT2D eigenvalue weighted by atomic mass is 16.6. The van der Waals surface area contributed by atoms with Gasteiger partial charge in [0.2, 0.25) is 0 Å². The summed E-state index contributed by atoms with van der Waals surface area (Å²) in [5.41, 5.74) is 0.742. The molecule has 2 aromatic carbocycles. The average Bonchev–Trinajstić information content (AvgIpc) is 2.81. The van der Waals surface area contributed by atoms with Gasteiger partial charge >= 0.3 is 5.97 Å². The van der Waals surface area contributed by atoms with Gasteiger partial charge in [-0.05, 0) is 38.5 Å². The quantitative estimate of drug-likeness (QED) is 0.358. The Balaban J connectivity index is 1.70. The SMILES string of the molecule is CC(C)(C)N(Cc1ccccc1)C(=O)COC(=O)c1ccc(N2CCOCC2)c([N+](=O)[O-])c1. The van der Waals surface area contributed by atoms with E-state index in [0.29, 0.717) is 38.5 Å². The summed E-state index contributed by atoms with van der Waals surface area (Å²) >= 11 is 0. The van der Waals surface area contributed by atoms with Crippen molar-refractivity contribution in [1.82, 2.24) is 4.90 Å². The van der Waals surface area contributed by atoms with Gasteiger partial charge in [-0.1, -0.05) is 30.3 Å². The molecule has 1 amide bonds. The Morgan fingerprint density at radius 1 is 1.12 bits per heavy atom. The molecule has 33 heavy (non-hydrogen) atoms. The normalized spacial score (nSPS) is 14.0. The molecular weight excluding hydrogens is 426 g/mol. The number of carbonyl (C=O) groups is 2. The summed E-state index contributed by atoms with van der Waals surface area (Å²) < 4.78 is 10.5. The highest BCUT2D eigenvalue weighted by molar-refractivity contribution is 5.93. The summed E-state index contributed by atoms with van der Waals surface area (Å²) in [6.45, 7) is 7.66. The molecule has 1 aliphatic rings. The van der Waals surface area contributed by atoms with Crippen LogP contribution in [0.1, 0.15) is 36.7 Å². The third-order valence-electron chi connectivity index (χ3n) is 5.38. The third-order valence-corrected chi connectivity index (χ3v) is 5.38. The van der Waals surface area contributed by atoms with Crippen LogP contribution in [0.2, 0.25) is 0 Å². The van der Waals surface area contributed by atoms with Crippen LogP contribution in [-0.4, -0.2) is 60.1 Å². The van der Waals surface area contributed by atoms with E-state index in [0.717, 1.165) is 5.56 Å². The number of nitrogens with zero attached hydrogens (tertiary/aromatic N) is 3. The van der Waals surface area contributed by atoms with Gasteiger partial charge in [-0.15, -0.1) is 0 Å². The standard InChI is InChI=1S/C24H29N3O6/c1-24(2,3)26(16-18-7-5-4-6-8-18)22(28)17-33-23(29)19-9-10-20(21(15-19)27(30)31)25-11-13-32-14-12-25/h4-10,15H,11-14,16-17H2,1-3H3. The Labute approximate surface area is 193 Å². The third kappa shape index (κ3) is 6.29. The molecule has 0 spiro atoms. The Hall–Kier alpha value is -3.46. The van der Waals surface area contributed by atoms with Crippen molar-refractivity contribution in [3.05, 3.63) is 69.8 Å². The van der Waals surface area contributed by atoms with Crippen LogP contribution < -0.4 is 4.90 Å². The number of nitro groups is 1. The van der Waals surface area contributed by atoms with E-state index in [9.17, 15) is 19.7 Å². The maximum atomic E-state index is 12.9. The topological polar surface area (TPSA) is 102 Å². The van der Waals surface area contributed by atoms with Gasteiger partial charge in [-0.2, -0.15) is 0 Å². The van der Waals surface area contributed by atoms with Crippen LogP contribution in [0.3, 0.4) is 0 Å². The van der Waals surface area contributed by atoms with Gasteiger partial charge in [-0.25, -0.2) is 4.79 Å². The maximum absolute atomic E-state index is 12.9. The highest BCUT2D eigenvalue weighted by Gasteiger charge is 2.28. The summed E-state index contributed by atoms with van der Waals surface area (Å²) in [6, 6.07) is 13.8. The lowest BCUT2D eigenvalue weighted by atomic mass is 10.0. The fourth-order valence-corrected chi connectivity index (χ4v) is 3.62. The largest absolute Gasteiger partial charge is 0.452 e. The zero-order valence-corrected chi connectivity index (χ0v) is 19.2. The first-order chi connectivity index (χ1) is 15.7. The smallest absolute Gasteiger partial charge is 0.338 e. The summed E-state index contributed by atoms with van der Waals surface area (Å²) in [5, 5.41) is 11.6. The molecule has 9 heteroatoms. The van der Waals surface area contributed by atoms with E-state index in [-0.39, 0.29) is 17.2 Å². The van der Waals surface area contributed by atoms with Crippen molar-refractivity contribution in [2.24, 2.45) is 0 Å². The summed E-state index contributed by atoms with van der Waals surface area (Å²) in [6.07, 6.45) is 0. The van der Waals surface area contributed by atoms with Crippen molar-refractivity contribution in [3.63, 3.8) is 0 Å². The van der Waals surface area contributed by atoms with Gasteiger partial charge in [0.1, 0.15) is 5.69 Å². The first kappa shape index (κ1) is 24.2. The molecule has 0 aliphatic carbocycles. The number of benzene rings is 2. The molecule has 0 atom stereocenters. The van der Waals surface area contributed by atoms with Crippen molar-refractivity contribution in [1.29, 1.82) is 0 Å². The molecule has 1 heterocycles. The van der Waals surface area contributed by atoms with E-state index >= 15 is 0 Å². The van der Waals surface area contributed by atoms with Crippen molar-refractivity contribution < 1.29 is 24.0 Å². The van der Waals surface area contributed by atoms with Crippen molar-refractivity contribution >= 4 is 23.3 Å². The number of ether oxygens (including phenoxy) is 2. The average molecular weight is 456 g/mol. The van der Waals surface area contributed by atoms with Crippen molar-refractivity contribution in [2.75, 3.05) is 37.8 Å². The maximum Gasteiger partial charge on any atom is 0.338 e. The minimum atomic E-state index is -0.784. The minimum absolute atomic E-state index is 0.0249. The molecule has 0 radical (unpaired) electrons. The number of anilines is 1. The van der Waals surface area contributed by atoms with Crippen LogP contribution in [0.4, 0.5) is 11.4 Å². The predicted octanol–water partition coefficient (Wildman–Crippen LogP) is 3.42. The van der Waals surface area contributed by atoms with E-state index in [1.807, 2.05) is 56.0 Å². The lowest BCUT2D eigenvalue weighted by molar-refractivity contribution is -0.384. The first-order valence-corrected chi connectivity index (χ1v) is 10.8. The first-order valence-electron chi connectivity index (χ1n) is 10.8. The second kappa shape index (κ2) is 10.4. The number of esters is 1. The second-order valence-electron chi connectivity index (χ2n) is 8.77. The zero-order valence-electron chi connectivity index (χ0n) is 19.2. The fraction of sp³-hybridized carbons (Fsp3) is 0.417. The number of hydrogen-bond donors (Lipinski definition) is 0. The van der Waals surface area contributed by atoms with Crippen LogP contribution in [-0.2, 0) is 20.8 Å². The molecular formula is C24H29N3O6. The number of rotatable bonds is 7. The van der Waals surface area contributed by atoms with E-state index in [1.54, 1.807) is 11.0 Å². The predicted molar refractivity (Wildman–Crippen MR) is 123 cm³/mol. The molecule has 1 aliphatic heterocycles. The van der Waals surface area contributed by atoms with Crippen molar-refractivity contribution in [2.45, 2.75) is 32.9 Å². The monoisotopic (exact) mass is 455 g/mol. The molecule has 9 nitrogen and oxygen atoms in total. The van der Waals surface area contributed by atoms with Crippen molar-refractivity contribution in [3.8, 4) is 0 Å². The van der Waals surface area contributed by atoms with E-state index in [4.69, 9.17) is 9.47 Å². The van der Waals surface area contributed by atoms with Crippen LogP contribution in [0.15, 0.2) is 48.5 Å². The molecule has 3 rings (SSSR count). The molecule has 0 aromatic heterocycles. The lowest BCUT2D eigenvalue weighted by Crippen LogP contribution is -2.46. The fourth-order valence-electron chi connectivity index (χ4n) is 3.62. The van der Waals surface area contributed by atoms with E-state index in [1.165, 1.54) is 12.1 Å². The number of amides is 1.